The zero-order valence-electron chi connectivity index (χ0n) is 12.6. The first-order valence-corrected chi connectivity index (χ1v) is 7.61. The van der Waals surface area contributed by atoms with Crippen LogP contribution in [0.5, 0.6) is 0 Å². The highest BCUT2D eigenvalue weighted by molar-refractivity contribution is 7.16. The first kappa shape index (κ1) is 15.2. The Morgan fingerprint density at radius 3 is 2.75 bits per heavy atom. The first-order chi connectivity index (χ1) is 9.32. The fraction of sp³-hybridized carbons (Fsp3) is 0.533. The first-order valence-electron chi connectivity index (χ1n) is 6.79. The van der Waals surface area contributed by atoms with Gasteiger partial charge in [-0.3, -0.25) is 4.79 Å². The van der Waals surface area contributed by atoms with Gasteiger partial charge in [-0.1, -0.05) is 31.3 Å². The molecule has 1 aromatic heterocycles. The molecule has 2 aromatic rings. The summed E-state index contributed by atoms with van der Waals surface area (Å²) < 4.78 is 2.76. The van der Waals surface area contributed by atoms with E-state index in [9.17, 15) is 4.79 Å². The lowest BCUT2D eigenvalue weighted by atomic mass is 9.93. The molecule has 2 rings (SSSR count). The van der Waals surface area contributed by atoms with Crippen LogP contribution in [0.25, 0.3) is 10.2 Å². The molecule has 0 aliphatic heterocycles. The minimum absolute atomic E-state index is 0.0924. The van der Waals surface area contributed by atoms with Crippen molar-refractivity contribution < 1.29 is 0 Å². The minimum Gasteiger partial charge on any atom is -0.330 e. The van der Waals surface area contributed by atoms with E-state index in [1.165, 1.54) is 16.9 Å². The maximum Gasteiger partial charge on any atom is 0.307 e. The van der Waals surface area contributed by atoms with Gasteiger partial charge < -0.3 is 15.2 Å². The largest absolute Gasteiger partial charge is 0.330 e. The normalized spacial score (nSPS) is 12.5. The smallest absolute Gasteiger partial charge is 0.307 e. The minimum atomic E-state index is 0.0924. The van der Waals surface area contributed by atoms with Crippen LogP contribution in [-0.2, 0) is 13.6 Å². The summed E-state index contributed by atoms with van der Waals surface area (Å²) in [5.41, 5.74) is 8.14. The Labute approximate surface area is 123 Å². The van der Waals surface area contributed by atoms with E-state index in [4.69, 9.17) is 5.73 Å². The molecule has 0 unspecified atom stereocenters. The van der Waals surface area contributed by atoms with E-state index < -0.39 is 0 Å². The second-order valence-corrected chi connectivity index (χ2v) is 7.26. The third kappa shape index (κ3) is 3.29. The monoisotopic (exact) mass is 293 g/mol. The van der Waals surface area contributed by atoms with E-state index >= 15 is 0 Å². The number of benzene rings is 1. The molecule has 0 saturated heterocycles. The van der Waals surface area contributed by atoms with Gasteiger partial charge in [0.15, 0.2) is 0 Å². The van der Waals surface area contributed by atoms with Crippen LogP contribution in [0.4, 0.5) is 0 Å². The number of aromatic nitrogens is 1. The van der Waals surface area contributed by atoms with E-state index in [0.717, 1.165) is 23.3 Å². The maximum atomic E-state index is 11.7. The Balaban J connectivity index is 2.16. The molecule has 0 aliphatic rings. The SMILES string of the molecule is CN(Cc1ccc2c(c1)sc(=O)n2C)CC(C)(C)CN. The number of nitrogens with two attached hydrogens (primary N) is 1. The van der Waals surface area contributed by atoms with Gasteiger partial charge in [-0.25, -0.2) is 0 Å². The van der Waals surface area contributed by atoms with Crippen LogP contribution >= 0.6 is 11.3 Å². The van der Waals surface area contributed by atoms with Crippen LogP contribution < -0.4 is 10.6 Å². The second-order valence-electron chi connectivity index (χ2n) is 6.27. The Morgan fingerprint density at radius 2 is 2.10 bits per heavy atom. The summed E-state index contributed by atoms with van der Waals surface area (Å²) in [5.74, 6) is 0. The lowest BCUT2D eigenvalue weighted by molar-refractivity contribution is 0.210. The molecular weight excluding hydrogens is 270 g/mol. The molecule has 1 aromatic carbocycles. The van der Waals surface area contributed by atoms with Gasteiger partial charge in [0.2, 0.25) is 0 Å². The number of nitrogens with zero attached hydrogens (tertiary/aromatic N) is 2. The Bertz CT molecular complexity index is 657. The molecular formula is C15H23N3OS. The van der Waals surface area contributed by atoms with Gasteiger partial charge in [0, 0.05) is 20.1 Å². The van der Waals surface area contributed by atoms with Crippen molar-refractivity contribution in [3.05, 3.63) is 33.4 Å². The molecule has 4 nitrogen and oxygen atoms in total. The molecule has 0 bridgehead atoms. The second kappa shape index (κ2) is 5.68. The van der Waals surface area contributed by atoms with Crippen molar-refractivity contribution in [1.29, 1.82) is 0 Å². The van der Waals surface area contributed by atoms with E-state index in [0.29, 0.717) is 6.54 Å². The molecule has 0 atom stereocenters. The van der Waals surface area contributed by atoms with Crippen molar-refractivity contribution >= 4 is 21.6 Å². The van der Waals surface area contributed by atoms with E-state index in [1.807, 2.05) is 13.1 Å². The van der Waals surface area contributed by atoms with Crippen LogP contribution in [0.1, 0.15) is 19.4 Å². The fourth-order valence-corrected chi connectivity index (χ4v) is 3.38. The van der Waals surface area contributed by atoms with Crippen LogP contribution in [0, 0.1) is 5.41 Å². The van der Waals surface area contributed by atoms with Crippen LogP contribution in [-0.4, -0.2) is 29.6 Å². The lowest BCUT2D eigenvalue weighted by Gasteiger charge is -2.29. The van der Waals surface area contributed by atoms with Crippen LogP contribution in [0.15, 0.2) is 23.0 Å². The van der Waals surface area contributed by atoms with E-state index in [-0.39, 0.29) is 10.3 Å². The molecule has 0 spiro atoms. The van der Waals surface area contributed by atoms with E-state index in [1.54, 1.807) is 4.57 Å². The molecule has 0 amide bonds. The van der Waals surface area contributed by atoms with Crippen LogP contribution in [0.3, 0.4) is 0 Å². The molecule has 0 radical (unpaired) electrons. The predicted octanol–water partition coefficient (Wildman–Crippen LogP) is 2.02. The van der Waals surface area contributed by atoms with Crippen molar-refractivity contribution in [2.45, 2.75) is 20.4 Å². The van der Waals surface area contributed by atoms with E-state index in [2.05, 4.69) is 37.9 Å². The average molecular weight is 293 g/mol. The van der Waals surface area contributed by atoms with Gasteiger partial charge in [0.25, 0.3) is 0 Å². The molecule has 0 aliphatic carbocycles. The highest BCUT2D eigenvalue weighted by Crippen LogP contribution is 2.20. The highest BCUT2D eigenvalue weighted by Gasteiger charge is 2.18. The Morgan fingerprint density at radius 1 is 1.40 bits per heavy atom. The highest BCUT2D eigenvalue weighted by atomic mass is 32.1. The van der Waals surface area contributed by atoms with Gasteiger partial charge in [0.05, 0.1) is 10.2 Å². The Hall–Kier alpha value is -1.17. The quantitative estimate of drug-likeness (QED) is 0.917. The number of fused-ring (bicyclic) bond motifs is 1. The summed E-state index contributed by atoms with van der Waals surface area (Å²) in [6.45, 7) is 6.85. The molecule has 1 heterocycles. The molecule has 0 fully saturated rings. The van der Waals surface area contributed by atoms with Gasteiger partial charge in [-0.2, -0.15) is 0 Å². The topological polar surface area (TPSA) is 51.3 Å². The van der Waals surface area contributed by atoms with Gasteiger partial charge >= 0.3 is 4.87 Å². The summed E-state index contributed by atoms with van der Waals surface area (Å²) in [5, 5.41) is 0. The summed E-state index contributed by atoms with van der Waals surface area (Å²) in [6, 6.07) is 6.25. The third-order valence-corrected chi connectivity index (χ3v) is 4.56. The Kier molecular flexibility index (Phi) is 4.32. The van der Waals surface area contributed by atoms with Crippen molar-refractivity contribution in [3.63, 3.8) is 0 Å². The molecule has 0 saturated carbocycles. The molecule has 20 heavy (non-hydrogen) atoms. The summed E-state index contributed by atoms with van der Waals surface area (Å²) in [7, 11) is 3.92. The molecule has 5 heteroatoms. The average Bonchev–Trinajstić information content (AvgIpc) is 2.64. The summed E-state index contributed by atoms with van der Waals surface area (Å²) in [6.07, 6.45) is 0. The fourth-order valence-electron chi connectivity index (χ4n) is 2.44. The van der Waals surface area contributed by atoms with Gasteiger partial charge in [0.1, 0.15) is 0 Å². The number of hydrogen-bond donors (Lipinski definition) is 1. The number of thiazole rings is 1. The van der Waals surface area contributed by atoms with Crippen molar-refractivity contribution in [3.8, 4) is 0 Å². The zero-order valence-corrected chi connectivity index (χ0v) is 13.5. The number of rotatable bonds is 5. The maximum absolute atomic E-state index is 11.7. The zero-order chi connectivity index (χ0) is 14.9. The summed E-state index contributed by atoms with van der Waals surface area (Å²) in [4.78, 5) is 14.0. The summed E-state index contributed by atoms with van der Waals surface area (Å²) >= 11 is 1.31. The molecule has 110 valence electrons. The third-order valence-electron chi connectivity index (χ3n) is 3.56. The van der Waals surface area contributed by atoms with Gasteiger partial charge in [-0.15, -0.1) is 0 Å². The number of aryl methyl sites for hydroxylation is 1. The lowest BCUT2D eigenvalue weighted by Crippen LogP contribution is -2.36. The predicted molar refractivity (Wildman–Crippen MR) is 86.2 cm³/mol. The number of hydrogen-bond acceptors (Lipinski definition) is 4. The standard InChI is InChI=1S/C15H23N3OS/c1-15(2,9-16)10-17(3)8-11-5-6-12-13(7-11)20-14(19)18(12)4/h5-7H,8-10,16H2,1-4H3. The van der Waals surface area contributed by atoms with Crippen molar-refractivity contribution in [2.75, 3.05) is 20.1 Å². The van der Waals surface area contributed by atoms with Gasteiger partial charge in [-0.05, 0) is 36.7 Å². The van der Waals surface area contributed by atoms with Crippen molar-refractivity contribution in [2.24, 2.45) is 18.2 Å². The molecule has 2 N–H and O–H groups in total. The van der Waals surface area contributed by atoms with Crippen LogP contribution in [0.2, 0.25) is 0 Å². The van der Waals surface area contributed by atoms with Crippen molar-refractivity contribution in [1.82, 2.24) is 9.47 Å².